The van der Waals surface area contributed by atoms with Gasteiger partial charge < -0.3 is 19.7 Å². The zero-order valence-electron chi connectivity index (χ0n) is 16.2. The molecule has 1 saturated heterocycles. The monoisotopic (exact) mass is 416 g/mol. The van der Waals surface area contributed by atoms with Crippen molar-refractivity contribution in [2.24, 2.45) is 11.8 Å². The van der Waals surface area contributed by atoms with Gasteiger partial charge in [0.05, 0.1) is 6.61 Å². The number of ether oxygens (including phenoxy) is 1. The van der Waals surface area contributed by atoms with Gasteiger partial charge in [0.1, 0.15) is 0 Å². The van der Waals surface area contributed by atoms with E-state index >= 15 is 0 Å². The molecule has 29 heavy (non-hydrogen) atoms. The Bertz CT molecular complexity index is 768. The normalized spacial score (nSPS) is 23.8. The van der Waals surface area contributed by atoms with Crippen molar-refractivity contribution in [3.05, 3.63) is 33.7 Å². The number of halogens is 3. The molecular weight excluding hydrogens is 389 g/mol. The fourth-order valence-corrected chi connectivity index (χ4v) is 3.83. The molecular formula is C20H27F3N2O4. The highest BCUT2D eigenvalue weighted by molar-refractivity contribution is 5.73. The van der Waals surface area contributed by atoms with Crippen LogP contribution >= 0.6 is 0 Å². The van der Waals surface area contributed by atoms with Crippen LogP contribution < -0.4 is 10.9 Å². The number of carbonyl (C=O) groups is 1. The zero-order chi connectivity index (χ0) is 21.0. The summed E-state index contributed by atoms with van der Waals surface area (Å²) in [5.74, 6) is -1.32. The number of carboxylic acids is 1. The Balaban J connectivity index is 0.000000298. The molecule has 4 rings (SSSR count). The van der Waals surface area contributed by atoms with E-state index in [9.17, 15) is 18.0 Å². The third-order valence-corrected chi connectivity index (χ3v) is 5.68. The van der Waals surface area contributed by atoms with E-state index in [0.717, 1.165) is 51.5 Å². The summed E-state index contributed by atoms with van der Waals surface area (Å²) in [7, 11) is 0. The van der Waals surface area contributed by atoms with Crippen LogP contribution in [0.1, 0.15) is 36.9 Å². The summed E-state index contributed by atoms with van der Waals surface area (Å²) in [4.78, 5) is 21.1. The lowest BCUT2D eigenvalue weighted by molar-refractivity contribution is -0.192. The number of aliphatic carboxylic acids is 1. The Kier molecular flexibility index (Phi) is 7.00. The second-order valence-corrected chi connectivity index (χ2v) is 8.08. The first-order valence-electron chi connectivity index (χ1n) is 10.1. The molecule has 1 saturated carbocycles. The van der Waals surface area contributed by atoms with Gasteiger partial charge in [0.2, 0.25) is 0 Å². The summed E-state index contributed by atoms with van der Waals surface area (Å²) < 4.78 is 39.2. The van der Waals surface area contributed by atoms with Crippen LogP contribution in [0.3, 0.4) is 0 Å². The number of pyridine rings is 1. The average molecular weight is 416 g/mol. The molecule has 2 aliphatic carbocycles. The summed E-state index contributed by atoms with van der Waals surface area (Å²) >= 11 is 0. The Morgan fingerprint density at radius 2 is 1.93 bits per heavy atom. The molecule has 0 aromatic carbocycles. The fourth-order valence-electron chi connectivity index (χ4n) is 3.83. The molecule has 1 aromatic rings. The molecule has 2 atom stereocenters. The van der Waals surface area contributed by atoms with E-state index in [0.29, 0.717) is 12.0 Å². The minimum atomic E-state index is -5.08. The van der Waals surface area contributed by atoms with Gasteiger partial charge in [0.25, 0.3) is 5.56 Å². The Morgan fingerprint density at radius 3 is 2.52 bits per heavy atom. The van der Waals surface area contributed by atoms with Gasteiger partial charge in [-0.2, -0.15) is 13.2 Å². The van der Waals surface area contributed by atoms with Crippen LogP contribution in [0.2, 0.25) is 0 Å². The Labute approximate surface area is 167 Å². The average Bonchev–Trinajstić information content (AvgIpc) is 3.33. The number of rotatable bonds is 5. The first kappa shape index (κ1) is 21.8. The number of nitrogens with one attached hydrogen (secondary N) is 1. The van der Waals surface area contributed by atoms with Crippen LogP contribution in [-0.4, -0.2) is 47.6 Å². The summed E-state index contributed by atoms with van der Waals surface area (Å²) in [6, 6.07) is 4.39. The standard InChI is InChI=1S/C18H26N2O2.C2HF3O2/c21-18-6-3-15-9-16(19-10-14-7-8-22-12-14)4-5-17(15)20(18)11-13-1-2-13;3-2(4,5)1(6)7/h3,6,13-14,16,19H,1-2,4-5,7-12H2;(H,6,7). The highest BCUT2D eigenvalue weighted by Crippen LogP contribution is 2.31. The number of nitrogens with zero attached hydrogens (tertiary/aromatic N) is 1. The summed E-state index contributed by atoms with van der Waals surface area (Å²) in [5, 5.41) is 10.8. The molecule has 2 heterocycles. The number of fused-ring (bicyclic) bond motifs is 1. The van der Waals surface area contributed by atoms with Gasteiger partial charge >= 0.3 is 12.1 Å². The quantitative estimate of drug-likeness (QED) is 0.771. The van der Waals surface area contributed by atoms with Crippen molar-refractivity contribution >= 4 is 5.97 Å². The van der Waals surface area contributed by atoms with Crippen LogP contribution in [-0.2, 0) is 28.9 Å². The predicted octanol–water partition coefficient (Wildman–Crippen LogP) is 2.38. The molecule has 0 amide bonds. The maximum absolute atomic E-state index is 12.2. The molecule has 1 aliphatic heterocycles. The summed E-state index contributed by atoms with van der Waals surface area (Å²) in [6.45, 7) is 3.85. The molecule has 1 aromatic heterocycles. The fraction of sp³-hybridized carbons (Fsp3) is 0.700. The molecule has 9 heteroatoms. The van der Waals surface area contributed by atoms with Crippen molar-refractivity contribution < 1.29 is 27.8 Å². The maximum Gasteiger partial charge on any atom is 0.490 e. The lowest BCUT2D eigenvalue weighted by Crippen LogP contribution is -2.39. The van der Waals surface area contributed by atoms with Crippen LogP contribution in [0.4, 0.5) is 13.2 Å². The molecule has 0 bridgehead atoms. The molecule has 2 unspecified atom stereocenters. The Morgan fingerprint density at radius 1 is 1.21 bits per heavy atom. The Hall–Kier alpha value is -1.87. The molecule has 162 valence electrons. The van der Waals surface area contributed by atoms with Gasteiger partial charge in [0, 0.05) is 37.5 Å². The van der Waals surface area contributed by atoms with E-state index in [-0.39, 0.29) is 5.56 Å². The minimum absolute atomic E-state index is 0.195. The smallest absolute Gasteiger partial charge is 0.475 e. The van der Waals surface area contributed by atoms with Crippen molar-refractivity contribution in [1.82, 2.24) is 9.88 Å². The van der Waals surface area contributed by atoms with Gasteiger partial charge in [-0.05, 0) is 55.9 Å². The van der Waals surface area contributed by atoms with E-state index in [1.165, 1.54) is 30.5 Å². The molecule has 6 nitrogen and oxygen atoms in total. The number of aromatic nitrogens is 1. The van der Waals surface area contributed by atoms with Gasteiger partial charge in [-0.15, -0.1) is 0 Å². The zero-order valence-corrected chi connectivity index (χ0v) is 16.2. The highest BCUT2D eigenvalue weighted by Gasteiger charge is 2.38. The van der Waals surface area contributed by atoms with Crippen LogP contribution in [0.25, 0.3) is 0 Å². The van der Waals surface area contributed by atoms with Gasteiger partial charge in [-0.25, -0.2) is 4.79 Å². The predicted molar refractivity (Wildman–Crippen MR) is 99.9 cm³/mol. The summed E-state index contributed by atoms with van der Waals surface area (Å²) in [6.07, 6.45) is 1.95. The van der Waals surface area contributed by atoms with Gasteiger partial charge in [-0.3, -0.25) is 4.79 Å². The second kappa shape index (κ2) is 9.30. The van der Waals surface area contributed by atoms with Crippen molar-refractivity contribution in [2.45, 2.75) is 57.3 Å². The van der Waals surface area contributed by atoms with E-state index < -0.39 is 12.1 Å². The third kappa shape index (κ3) is 6.30. The van der Waals surface area contributed by atoms with E-state index in [2.05, 4.69) is 16.0 Å². The third-order valence-electron chi connectivity index (χ3n) is 5.68. The van der Waals surface area contributed by atoms with Crippen molar-refractivity contribution in [3.63, 3.8) is 0 Å². The SMILES string of the molecule is O=C(O)C(F)(F)F.O=c1ccc2c(n1CC1CC1)CCC(NCC1CCOC1)C2. The second-order valence-electron chi connectivity index (χ2n) is 8.08. The minimum Gasteiger partial charge on any atom is -0.475 e. The molecule has 0 spiro atoms. The number of hydrogen-bond acceptors (Lipinski definition) is 4. The largest absolute Gasteiger partial charge is 0.490 e. The van der Waals surface area contributed by atoms with Crippen LogP contribution in [0.5, 0.6) is 0 Å². The maximum atomic E-state index is 12.2. The number of hydrogen-bond donors (Lipinski definition) is 2. The first-order chi connectivity index (χ1) is 13.7. The summed E-state index contributed by atoms with van der Waals surface area (Å²) in [5.41, 5.74) is 2.88. The van der Waals surface area contributed by atoms with E-state index in [1.54, 1.807) is 6.07 Å². The number of alkyl halides is 3. The van der Waals surface area contributed by atoms with Crippen molar-refractivity contribution in [2.75, 3.05) is 19.8 Å². The van der Waals surface area contributed by atoms with Crippen LogP contribution in [0, 0.1) is 11.8 Å². The van der Waals surface area contributed by atoms with Gasteiger partial charge in [-0.1, -0.05) is 6.07 Å². The highest BCUT2D eigenvalue weighted by atomic mass is 19.4. The molecule has 2 N–H and O–H groups in total. The van der Waals surface area contributed by atoms with Crippen molar-refractivity contribution in [1.29, 1.82) is 0 Å². The van der Waals surface area contributed by atoms with Gasteiger partial charge in [0.15, 0.2) is 0 Å². The first-order valence-corrected chi connectivity index (χ1v) is 10.1. The topological polar surface area (TPSA) is 80.6 Å². The van der Waals surface area contributed by atoms with E-state index in [1.807, 2.05) is 0 Å². The lowest BCUT2D eigenvalue weighted by atomic mass is 9.91. The van der Waals surface area contributed by atoms with Crippen LogP contribution in [0.15, 0.2) is 16.9 Å². The molecule has 3 aliphatic rings. The van der Waals surface area contributed by atoms with E-state index in [4.69, 9.17) is 14.6 Å². The van der Waals surface area contributed by atoms with Crippen molar-refractivity contribution in [3.8, 4) is 0 Å². The molecule has 2 fully saturated rings. The lowest BCUT2D eigenvalue weighted by Gasteiger charge is -2.28. The number of carboxylic acid groups (broad SMARTS) is 1. The molecule has 0 radical (unpaired) electrons.